The van der Waals surface area contributed by atoms with Crippen LogP contribution in [0.3, 0.4) is 0 Å². The van der Waals surface area contributed by atoms with Crippen LogP contribution >= 0.6 is 0 Å². The first-order valence-corrected chi connectivity index (χ1v) is 2.57. The van der Waals surface area contributed by atoms with Crippen LogP contribution in [0.25, 0.3) is 0 Å². The second-order valence-electron chi connectivity index (χ2n) is 1.21. The van der Waals surface area contributed by atoms with Crippen LogP contribution < -0.4 is 24.0 Å². The molecule has 0 spiro atoms. The molecular formula is C6H5INiO. The number of rotatable bonds is 0. The first-order chi connectivity index (χ1) is 3.89. The van der Waals surface area contributed by atoms with Crippen molar-refractivity contribution < 1.29 is 44.2 Å². The quantitative estimate of drug-likeness (QED) is 0.370. The maximum absolute atomic E-state index is 7.50. The molecule has 0 saturated heterocycles. The molecule has 3 heteroatoms. The molecule has 1 aliphatic carbocycles. The van der Waals surface area contributed by atoms with Gasteiger partial charge in [0.2, 0.25) is 0 Å². The van der Waals surface area contributed by atoms with E-state index in [1.54, 1.807) is 0 Å². The fourth-order valence-electron chi connectivity index (χ4n) is 0.408. The third kappa shape index (κ3) is 6.26. The number of hydrogen-bond acceptors (Lipinski definition) is 1. The summed E-state index contributed by atoms with van der Waals surface area (Å²) >= 11 is 4.53. The molecule has 0 fully saturated rings. The van der Waals surface area contributed by atoms with Gasteiger partial charge in [-0.2, -0.15) is 0 Å². The normalized spacial score (nSPS) is 12.9. The van der Waals surface area contributed by atoms with E-state index in [0.717, 1.165) is 11.0 Å². The van der Waals surface area contributed by atoms with Crippen LogP contribution in [-0.4, -0.2) is 6.79 Å². The summed E-state index contributed by atoms with van der Waals surface area (Å²) in [5.74, 6) is 0. The summed E-state index contributed by atoms with van der Waals surface area (Å²) in [5, 5.41) is 0. The van der Waals surface area contributed by atoms with Crippen molar-refractivity contribution in [2.75, 3.05) is 0 Å². The molecule has 0 heterocycles. The van der Waals surface area contributed by atoms with Crippen molar-refractivity contribution in [3.8, 4) is 0 Å². The van der Waals surface area contributed by atoms with Gasteiger partial charge in [-0.05, 0) is 0 Å². The number of allylic oxidation sites excluding steroid dienone is 4. The molecule has 0 unspecified atom stereocenters. The van der Waals surface area contributed by atoms with Gasteiger partial charge in [0, 0.05) is 0 Å². The van der Waals surface area contributed by atoms with E-state index >= 15 is 0 Å². The third-order valence-electron chi connectivity index (χ3n) is 0.703. The Hall–Kier alpha value is 0.374. The van der Waals surface area contributed by atoms with Gasteiger partial charge in [0.25, 0.3) is 6.79 Å². The van der Waals surface area contributed by atoms with Gasteiger partial charge in [0.05, 0.1) is 0 Å². The van der Waals surface area contributed by atoms with Gasteiger partial charge < -0.3 is 24.0 Å². The molecule has 0 bridgehead atoms. The van der Waals surface area contributed by atoms with Crippen molar-refractivity contribution in [3.05, 3.63) is 22.8 Å². The van der Waals surface area contributed by atoms with Crippen molar-refractivity contribution >= 4 is 6.79 Å². The van der Waals surface area contributed by atoms with E-state index in [1.165, 1.54) is 0 Å². The van der Waals surface area contributed by atoms with Gasteiger partial charge in [0.15, 0.2) is 0 Å². The summed E-state index contributed by atoms with van der Waals surface area (Å²) in [5.41, 5.74) is 0. The molecule has 0 aliphatic heterocycles. The van der Waals surface area contributed by atoms with Crippen molar-refractivity contribution in [1.29, 1.82) is 0 Å². The Bertz CT molecular complexity index is 120. The molecule has 0 aromatic heterocycles. The third-order valence-corrected chi connectivity index (χ3v) is 1.07. The number of carbonyl (C=O) groups excluding carboxylic acids is 1. The second kappa shape index (κ2) is 8.37. The summed E-state index contributed by atoms with van der Waals surface area (Å²) in [6.45, 7) is 4.50. The molecular weight excluding hydrogens is 274 g/mol. The minimum atomic E-state index is 0. The van der Waals surface area contributed by atoms with Gasteiger partial charge >= 0.3 is 44.7 Å². The van der Waals surface area contributed by atoms with Crippen molar-refractivity contribution in [3.63, 3.8) is 0 Å². The van der Waals surface area contributed by atoms with Crippen molar-refractivity contribution in [1.82, 2.24) is 0 Å². The standard InChI is InChI=1S/C5H5.CO.HI.Ni/c1-2-4-5-3-1;1-2;;/h1-3H,4H2;;1H;/q;;;+1/p-1. The second-order valence-corrected chi connectivity index (χ2v) is 1.84. The maximum atomic E-state index is 7.50. The Balaban J connectivity index is 0. The van der Waals surface area contributed by atoms with E-state index in [9.17, 15) is 0 Å². The van der Waals surface area contributed by atoms with Gasteiger partial charge in [-0.3, -0.25) is 4.79 Å². The van der Waals surface area contributed by atoms with E-state index in [2.05, 4.69) is 28.3 Å². The molecule has 0 amide bonds. The molecule has 2 radical (unpaired) electrons. The molecule has 1 nitrogen and oxygen atoms in total. The fraction of sp³-hybridized carbons (Fsp3) is 0.167. The Kier molecular flexibility index (Phi) is 11.2. The monoisotopic (exact) mass is 278 g/mol. The van der Waals surface area contributed by atoms with Crippen molar-refractivity contribution in [2.24, 2.45) is 0 Å². The molecule has 1 aliphatic rings. The number of halogens is 1. The summed E-state index contributed by atoms with van der Waals surface area (Å²) in [7, 11) is 0. The Labute approximate surface area is 80.0 Å². The van der Waals surface area contributed by atoms with Crippen LogP contribution in [0.1, 0.15) is 6.42 Å². The summed E-state index contributed by atoms with van der Waals surface area (Å²) in [6.07, 6.45) is 7.04. The van der Waals surface area contributed by atoms with Crippen LogP contribution in [0.4, 0.5) is 0 Å². The van der Waals surface area contributed by atoms with E-state index in [4.69, 9.17) is 4.79 Å². The average Bonchev–Trinajstić information content (AvgIpc) is 2.24. The van der Waals surface area contributed by atoms with E-state index < -0.39 is 0 Å². The van der Waals surface area contributed by atoms with Crippen LogP contribution in [0.2, 0.25) is 0 Å². The van der Waals surface area contributed by atoms with E-state index in [1.807, 2.05) is 12.2 Å². The zero-order chi connectivity index (χ0) is 6.41. The van der Waals surface area contributed by atoms with Gasteiger partial charge in [-0.15, -0.1) is 0 Å². The summed E-state index contributed by atoms with van der Waals surface area (Å²) in [4.78, 5) is 7.50. The first-order valence-electron chi connectivity index (χ1n) is 2.08. The predicted molar refractivity (Wildman–Crippen MR) is 27.5 cm³/mol. The summed E-state index contributed by atoms with van der Waals surface area (Å²) < 4.78 is 1.09. The minimum absolute atomic E-state index is 0. The number of hydrogen-bond donors (Lipinski definition) is 0. The molecule has 0 N–H and O–H groups in total. The Morgan fingerprint density at radius 3 is 2.22 bits per heavy atom. The molecule has 52 valence electrons. The van der Waals surface area contributed by atoms with Crippen LogP contribution in [0, 0.1) is 0 Å². The molecule has 0 aromatic carbocycles. The zero-order valence-corrected chi connectivity index (χ0v) is 7.69. The van der Waals surface area contributed by atoms with Gasteiger partial charge in [0.1, 0.15) is 0 Å². The predicted octanol–water partition coefficient (Wildman–Crippen LogP) is -2.02. The molecule has 9 heavy (non-hydrogen) atoms. The zero-order valence-electron chi connectivity index (χ0n) is 4.54. The molecule has 1 rings (SSSR count). The first kappa shape index (κ1) is 12.1. The topological polar surface area (TPSA) is 17.1 Å². The van der Waals surface area contributed by atoms with E-state index in [-0.39, 0.29) is 24.0 Å². The van der Waals surface area contributed by atoms with Gasteiger partial charge in [-0.25, -0.2) is 0 Å². The van der Waals surface area contributed by atoms with E-state index in [0.29, 0.717) is 0 Å². The average molecular weight is 279 g/mol. The Morgan fingerprint density at radius 1 is 1.56 bits per heavy atom. The summed E-state index contributed by atoms with van der Waals surface area (Å²) in [6, 6.07) is 0. The Morgan fingerprint density at radius 2 is 2.11 bits per heavy atom. The van der Waals surface area contributed by atoms with Crippen LogP contribution in [0.15, 0.2) is 22.8 Å². The van der Waals surface area contributed by atoms with Crippen molar-refractivity contribution in [2.45, 2.75) is 6.42 Å². The molecule has 0 saturated carbocycles. The van der Waals surface area contributed by atoms with Crippen LogP contribution in [0.5, 0.6) is 0 Å². The molecule has 0 atom stereocenters. The van der Waals surface area contributed by atoms with Gasteiger partial charge in [-0.1, -0.05) is 0 Å². The SMILES string of the molecule is [C]=O.[I-].[Ni+][C]1=CC=CC1. The van der Waals surface area contributed by atoms with Crippen LogP contribution in [-0.2, 0) is 20.3 Å². The molecule has 0 aromatic rings. The fourth-order valence-corrected chi connectivity index (χ4v) is 0.619.